The number of carbonyl (C=O) groups excluding carboxylic acids is 2. The maximum Gasteiger partial charge on any atom is 0.343 e. The summed E-state index contributed by atoms with van der Waals surface area (Å²) >= 11 is 0. The van der Waals surface area contributed by atoms with Crippen molar-refractivity contribution in [3.63, 3.8) is 0 Å². The molecule has 246 valence electrons. The average molecular weight is 659 g/mol. The Morgan fingerprint density at radius 1 is 0.580 bits per heavy atom. The fourth-order valence-corrected chi connectivity index (χ4v) is 7.71. The van der Waals surface area contributed by atoms with Crippen LogP contribution in [0.15, 0.2) is 133 Å². The molecule has 0 spiro atoms. The Labute approximate surface area is 290 Å². The number of methoxy groups -OCH3 is 2. The molecule has 0 amide bonds. The Hall–Kier alpha value is -6.14. The van der Waals surface area contributed by atoms with Gasteiger partial charge in [0.2, 0.25) is 0 Å². The number of hydrogen-bond donors (Lipinski definition) is 0. The van der Waals surface area contributed by atoms with Crippen LogP contribution in [0.25, 0.3) is 0 Å². The highest BCUT2D eigenvalue weighted by atomic mass is 16.5. The van der Waals surface area contributed by atoms with Crippen molar-refractivity contribution in [3.8, 4) is 23.0 Å². The van der Waals surface area contributed by atoms with Crippen LogP contribution in [0.3, 0.4) is 0 Å². The molecule has 0 fully saturated rings. The topological polar surface area (TPSA) is 71.1 Å². The van der Waals surface area contributed by atoms with Gasteiger partial charge in [0.25, 0.3) is 0 Å². The van der Waals surface area contributed by atoms with Crippen LogP contribution in [0.1, 0.15) is 71.1 Å². The van der Waals surface area contributed by atoms with Gasteiger partial charge in [0.05, 0.1) is 30.8 Å². The molecule has 6 heteroatoms. The van der Waals surface area contributed by atoms with Crippen LogP contribution < -0.4 is 18.9 Å². The first kappa shape index (κ1) is 31.1. The van der Waals surface area contributed by atoms with Crippen molar-refractivity contribution in [1.82, 2.24) is 0 Å². The van der Waals surface area contributed by atoms with Gasteiger partial charge in [-0.3, -0.25) is 0 Å². The lowest BCUT2D eigenvalue weighted by Crippen LogP contribution is -2.44. The summed E-state index contributed by atoms with van der Waals surface area (Å²) in [6.45, 7) is 2.08. The van der Waals surface area contributed by atoms with Crippen LogP contribution in [0.4, 0.5) is 0 Å². The van der Waals surface area contributed by atoms with Gasteiger partial charge in [-0.05, 0) is 102 Å². The van der Waals surface area contributed by atoms with E-state index in [0.717, 1.165) is 38.9 Å². The highest BCUT2D eigenvalue weighted by Gasteiger charge is 2.54. The minimum Gasteiger partial charge on any atom is -0.497 e. The van der Waals surface area contributed by atoms with E-state index in [0.29, 0.717) is 40.5 Å². The summed E-state index contributed by atoms with van der Waals surface area (Å²) in [4.78, 5) is 27.6. The van der Waals surface area contributed by atoms with Crippen LogP contribution in [0.2, 0.25) is 0 Å². The molecule has 2 bridgehead atoms. The van der Waals surface area contributed by atoms with Crippen molar-refractivity contribution in [2.75, 3.05) is 14.2 Å². The van der Waals surface area contributed by atoms with Gasteiger partial charge >= 0.3 is 11.9 Å². The first-order chi connectivity index (χ1) is 24.4. The van der Waals surface area contributed by atoms with Crippen LogP contribution in [0.5, 0.6) is 23.0 Å². The number of ether oxygens (including phenoxy) is 4. The Morgan fingerprint density at radius 3 is 1.58 bits per heavy atom. The second-order valence-electron chi connectivity index (χ2n) is 12.8. The van der Waals surface area contributed by atoms with Crippen molar-refractivity contribution in [2.24, 2.45) is 0 Å². The largest absolute Gasteiger partial charge is 0.497 e. The van der Waals surface area contributed by atoms with Crippen LogP contribution in [-0.2, 0) is 11.8 Å². The molecule has 6 nitrogen and oxygen atoms in total. The van der Waals surface area contributed by atoms with E-state index in [1.54, 1.807) is 74.9 Å². The zero-order valence-electron chi connectivity index (χ0n) is 27.9. The molecule has 6 aromatic carbocycles. The minimum atomic E-state index is -0.773. The van der Waals surface area contributed by atoms with Crippen molar-refractivity contribution in [3.05, 3.63) is 189 Å². The number of hydrogen-bond acceptors (Lipinski definition) is 6. The Kier molecular flexibility index (Phi) is 7.72. The molecule has 0 radical (unpaired) electrons. The Balaban J connectivity index is 1.36. The van der Waals surface area contributed by atoms with Crippen molar-refractivity contribution >= 4 is 11.9 Å². The number of rotatable bonds is 8. The fourth-order valence-electron chi connectivity index (χ4n) is 7.71. The van der Waals surface area contributed by atoms with E-state index >= 15 is 0 Å². The molecular weight excluding hydrogens is 624 g/mol. The van der Waals surface area contributed by atoms with Gasteiger partial charge in [-0.15, -0.1) is 0 Å². The number of carbonyl (C=O) groups is 2. The zero-order valence-corrected chi connectivity index (χ0v) is 27.9. The Bertz CT molecular complexity index is 2200. The second-order valence-corrected chi connectivity index (χ2v) is 12.8. The summed E-state index contributed by atoms with van der Waals surface area (Å²) in [5, 5.41) is 0. The quantitative estimate of drug-likeness (QED) is 0.120. The van der Waals surface area contributed by atoms with Gasteiger partial charge in [-0.1, -0.05) is 78.4 Å². The lowest BCUT2D eigenvalue weighted by atomic mass is 9.51. The third-order valence-electron chi connectivity index (χ3n) is 9.99. The van der Waals surface area contributed by atoms with Crippen LogP contribution >= 0.6 is 0 Å². The Morgan fingerprint density at radius 2 is 1.06 bits per heavy atom. The predicted molar refractivity (Wildman–Crippen MR) is 191 cm³/mol. The van der Waals surface area contributed by atoms with Gasteiger partial charge < -0.3 is 18.9 Å². The van der Waals surface area contributed by atoms with E-state index in [2.05, 4.69) is 79.7 Å². The SMILES string of the molecule is COc1ccc(C(=O)Oc2ccc(OC(=O)c3ccc(OC)cc3)c3c2C2c4ccccc4C3(Cc3ccc(C)cc3)c3ccccc32)cc1. The maximum atomic E-state index is 13.8. The molecule has 0 saturated heterocycles. The molecule has 0 N–H and O–H groups in total. The molecule has 3 aliphatic rings. The zero-order chi connectivity index (χ0) is 34.4. The third-order valence-corrected chi connectivity index (χ3v) is 9.99. The molecule has 0 heterocycles. The second kappa shape index (κ2) is 12.4. The number of esters is 2. The molecule has 50 heavy (non-hydrogen) atoms. The van der Waals surface area contributed by atoms with Gasteiger partial charge in [-0.2, -0.15) is 0 Å². The first-order valence-corrected chi connectivity index (χ1v) is 16.6. The van der Waals surface area contributed by atoms with E-state index in [1.165, 1.54) is 5.56 Å². The maximum absolute atomic E-state index is 13.8. The summed E-state index contributed by atoms with van der Waals surface area (Å²) in [6, 6.07) is 42.7. The van der Waals surface area contributed by atoms with E-state index < -0.39 is 17.4 Å². The molecular formula is C44H34O6. The van der Waals surface area contributed by atoms with Gasteiger partial charge in [0.1, 0.15) is 23.0 Å². The van der Waals surface area contributed by atoms with Crippen molar-refractivity contribution in [2.45, 2.75) is 24.7 Å². The molecule has 6 aromatic rings. The summed E-state index contributed by atoms with van der Waals surface area (Å²) < 4.78 is 23.3. The van der Waals surface area contributed by atoms with E-state index in [4.69, 9.17) is 18.9 Å². The summed E-state index contributed by atoms with van der Waals surface area (Å²) in [6.07, 6.45) is 0.587. The highest BCUT2D eigenvalue weighted by Crippen LogP contribution is 2.64. The van der Waals surface area contributed by atoms with Gasteiger partial charge in [0.15, 0.2) is 0 Å². The fraction of sp³-hybridized carbons (Fsp3) is 0.136. The highest BCUT2D eigenvalue weighted by molar-refractivity contribution is 5.93. The molecule has 3 aliphatic carbocycles. The molecule has 0 aromatic heterocycles. The molecule has 9 rings (SSSR count). The summed E-state index contributed by atoms with van der Waals surface area (Å²) in [5.41, 5.74) is 8.48. The van der Waals surface area contributed by atoms with Gasteiger partial charge in [0, 0.05) is 17.0 Å². The molecule has 0 saturated carbocycles. The summed E-state index contributed by atoms with van der Waals surface area (Å²) in [7, 11) is 3.17. The summed E-state index contributed by atoms with van der Waals surface area (Å²) in [5.74, 6) is 0.879. The third kappa shape index (κ3) is 5.03. The normalized spacial score (nSPS) is 16.4. The van der Waals surface area contributed by atoms with Crippen molar-refractivity contribution in [1.29, 1.82) is 0 Å². The number of benzene rings is 6. The standard InChI is InChI=1S/C44H34O6/c1-27-12-14-28(15-13-27)26-44-35-10-6-4-8-33(35)39(34-9-5-7-11-36(34)44)40-37(49-42(45)29-16-20-31(47-2)21-17-29)24-25-38(41(40)44)50-43(46)30-18-22-32(48-3)23-19-30/h4-25,39H,26H2,1-3H3. The monoisotopic (exact) mass is 658 g/mol. The smallest absolute Gasteiger partial charge is 0.343 e. The van der Waals surface area contributed by atoms with Crippen LogP contribution in [0, 0.1) is 6.92 Å². The molecule has 0 aliphatic heterocycles. The first-order valence-electron chi connectivity index (χ1n) is 16.6. The minimum absolute atomic E-state index is 0.268. The van der Waals surface area contributed by atoms with E-state index in [9.17, 15) is 9.59 Å². The molecule has 0 unspecified atom stereocenters. The van der Waals surface area contributed by atoms with Crippen molar-refractivity contribution < 1.29 is 28.5 Å². The van der Waals surface area contributed by atoms with E-state index in [1.807, 2.05) is 0 Å². The lowest BCUT2D eigenvalue weighted by molar-refractivity contribution is 0.0714. The number of aryl methyl sites for hydroxylation is 1. The predicted octanol–water partition coefficient (Wildman–Crippen LogP) is 8.83. The lowest BCUT2D eigenvalue weighted by Gasteiger charge is -2.51. The van der Waals surface area contributed by atoms with Crippen LogP contribution in [-0.4, -0.2) is 26.2 Å². The average Bonchev–Trinajstić information content (AvgIpc) is 3.16. The molecule has 0 atom stereocenters. The van der Waals surface area contributed by atoms with Gasteiger partial charge in [-0.25, -0.2) is 9.59 Å². The van der Waals surface area contributed by atoms with E-state index in [-0.39, 0.29) is 5.92 Å².